The zero-order valence-corrected chi connectivity index (χ0v) is 19.3. The van der Waals surface area contributed by atoms with E-state index in [0.29, 0.717) is 6.42 Å². The molecule has 2 amide bonds. The van der Waals surface area contributed by atoms with E-state index in [-0.39, 0.29) is 43.6 Å². The first-order valence-electron chi connectivity index (χ1n) is 11.6. The van der Waals surface area contributed by atoms with Gasteiger partial charge in [0.15, 0.2) is 0 Å². The predicted octanol–water partition coefficient (Wildman–Crippen LogP) is 3.16. The highest BCUT2D eigenvalue weighted by Crippen LogP contribution is 2.44. The maximum Gasteiger partial charge on any atom is 0.407 e. The number of amides is 2. The Balaban J connectivity index is 1.32. The monoisotopic (exact) mass is 466 g/mol. The smallest absolute Gasteiger partial charge is 0.407 e. The number of hydrogen-bond acceptors (Lipinski definition) is 5. The van der Waals surface area contributed by atoms with Crippen molar-refractivity contribution in [2.45, 2.75) is 38.3 Å². The standard InChI is InChI=1S/C26H30N2O6/c1-15(2)23(24(29)27-12-17-11-16(13-33-17)25(30)31)28-26(32)34-14-22-20-9-5-3-7-18(20)19-8-4-6-10-21(19)22/h3-10,15-17,22-23H,11-14H2,1-2H3,(H,27,29)(H,28,32)(H,30,31)/t16-,17-,23-/m0/s1. The van der Waals surface area contributed by atoms with Gasteiger partial charge in [0.25, 0.3) is 0 Å². The number of alkyl carbamates (subject to hydrolysis) is 1. The van der Waals surface area contributed by atoms with Crippen molar-refractivity contribution in [3.05, 3.63) is 59.7 Å². The number of ether oxygens (including phenoxy) is 2. The van der Waals surface area contributed by atoms with Crippen LogP contribution in [-0.2, 0) is 19.1 Å². The van der Waals surface area contributed by atoms with Crippen molar-refractivity contribution in [2.75, 3.05) is 19.8 Å². The Morgan fingerprint density at radius 3 is 2.24 bits per heavy atom. The number of carboxylic acids is 1. The number of carbonyl (C=O) groups is 3. The molecule has 1 aliphatic carbocycles. The molecule has 4 rings (SSSR count). The largest absolute Gasteiger partial charge is 0.481 e. The maximum atomic E-state index is 12.7. The van der Waals surface area contributed by atoms with Gasteiger partial charge in [0, 0.05) is 12.5 Å². The average molecular weight is 467 g/mol. The maximum absolute atomic E-state index is 12.7. The highest BCUT2D eigenvalue weighted by molar-refractivity contribution is 5.86. The summed E-state index contributed by atoms with van der Waals surface area (Å²) >= 11 is 0. The molecule has 8 heteroatoms. The Hall–Kier alpha value is -3.39. The first-order valence-corrected chi connectivity index (χ1v) is 11.6. The molecule has 2 aliphatic rings. The van der Waals surface area contributed by atoms with Crippen LogP contribution in [0.25, 0.3) is 11.1 Å². The predicted molar refractivity (Wildman–Crippen MR) is 125 cm³/mol. The van der Waals surface area contributed by atoms with Crippen LogP contribution in [-0.4, -0.2) is 55.0 Å². The number of aliphatic carboxylic acids is 1. The van der Waals surface area contributed by atoms with Crippen LogP contribution in [0.5, 0.6) is 0 Å². The number of fused-ring (bicyclic) bond motifs is 3. The summed E-state index contributed by atoms with van der Waals surface area (Å²) in [5, 5.41) is 14.5. The summed E-state index contributed by atoms with van der Waals surface area (Å²) in [7, 11) is 0. The second-order valence-corrected chi connectivity index (χ2v) is 9.16. The third-order valence-corrected chi connectivity index (χ3v) is 6.50. The number of hydrogen-bond donors (Lipinski definition) is 3. The molecule has 2 aromatic carbocycles. The van der Waals surface area contributed by atoms with Crippen LogP contribution in [0.2, 0.25) is 0 Å². The number of carbonyl (C=O) groups excluding carboxylic acids is 2. The minimum absolute atomic E-state index is 0.0637. The van der Waals surface area contributed by atoms with Gasteiger partial charge >= 0.3 is 12.1 Å². The van der Waals surface area contributed by atoms with Crippen LogP contribution in [0.3, 0.4) is 0 Å². The highest BCUT2D eigenvalue weighted by Gasteiger charge is 2.33. The van der Waals surface area contributed by atoms with Gasteiger partial charge in [-0.15, -0.1) is 0 Å². The minimum Gasteiger partial charge on any atom is -0.481 e. The van der Waals surface area contributed by atoms with Crippen molar-refractivity contribution in [2.24, 2.45) is 11.8 Å². The van der Waals surface area contributed by atoms with Gasteiger partial charge in [-0.3, -0.25) is 9.59 Å². The lowest BCUT2D eigenvalue weighted by molar-refractivity contribution is -0.141. The van der Waals surface area contributed by atoms with E-state index in [2.05, 4.69) is 22.8 Å². The molecule has 180 valence electrons. The van der Waals surface area contributed by atoms with Gasteiger partial charge in [0.2, 0.25) is 5.91 Å². The van der Waals surface area contributed by atoms with Crippen molar-refractivity contribution >= 4 is 18.0 Å². The highest BCUT2D eigenvalue weighted by atomic mass is 16.5. The summed E-state index contributed by atoms with van der Waals surface area (Å²) in [6.07, 6.45) is -0.659. The molecule has 1 heterocycles. The van der Waals surface area contributed by atoms with Gasteiger partial charge in [0.1, 0.15) is 12.6 Å². The van der Waals surface area contributed by atoms with Gasteiger partial charge < -0.3 is 25.2 Å². The van der Waals surface area contributed by atoms with E-state index in [1.807, 2.05) is 50.2 Å². The lowest BCUT2D eigenvalue weighted by Gasteiger charge is -2.23. The van der Waals surface area contributed by atoms with E-state index in [0.717, 1.165) is 22.3 Å². The van der Waals surface area contributed by atoms with E-state index < -0.39 is 24.0 Å². The second-order valence-electron chi connectivity index (χ2n) is 9.16. The minimum atomic E-state index is -0.897. The van der Waals surface area contributed by atoms with E-state index in [1.54, 1.807) is 0 Å². The first-order chi connectivity index (χ1) is 16.3. The van der Waals surface area contributed by atoms with Crippen molar-refractivity contribution in [3.8, 4) is 11.1 Å². The molecule has 34 heavy (non-hydrogen) atoms. The molecule has 3 atom stereocenters. The molecule has 0 unspecified atom stereocenters. The Morgan fingerprint density at radius 1 is 1.06 bits per heavy atom. The fourth-order valence-corrected chi connectivity index (χ4v) is 4.65. The van der Waals surface area contributed by atoms with E-state index >= 15 is 0 Å². The van der Waals surface area contributed by atoms with Gasteiger partial charge in [-0.1, -0.05) is 62.4 Å². The average Bonchev–Trinajstić information content (AvgIpc) is 3.43. The Bertz CT molecular complexity index is 1020. The van der Waals surface area contributed by atoms with Crippen LogP contribution < -0.4 is 10.6 Å². The van der Waals surface area contributed by atoms with Crippen molar-refractivity contribution in [3.63, 3.8) is 0 Å². The molecule has 0 saturated carbocycles. The summed E-state index contributed by atoms with van der Waals surface area (Å²) in [6, 6.07) is 15.4. The van der Waals surface area contributed by atoms with Crippen LogP contribution in [0, 0.1) is 11.8 Å². The van der Waals surface area contributed by atoms with Crippen molar-refractivity contribution in [1.29, 1.82) is 0 Å². The lowest BCUT2D eigenvalue weighted by Crippen LogP contribution is -2.51. The van der Waals surface area contributed by atoms with Crippen LogP contribution in [0.1, 0.15) is 37.3 Å². The Kier molecular flexibility index (Phi) is 7.17. The number of nitrogens with one attached hydrogen (secondary N) is 2. The number of benzene rings is 2. The van der Waals surface area contributed by atoms with Gasteiger partial charge in [0.05, 0.1) is 18.6 Å². The molecule has 2 aromatic rings. The molecule has 1 fully saturated rings. The van der Waals surface area contributed by atoms with E-state index in [1.165, 1.54) is 0 Å². The molecule has 1 aliphatic heterocycles. The summed E-state index contributed by atoms with van der Waals surface area (Å²) in [5.74, 6) is -2.04. The molecule has 0 radical (unpaired) electrons. The fourth-order valence-electron chi connectivity index (χ4n) is 4.65. The van der Waals surface area contributed by atoms with E-state index in [4.69, 9.17) is 14.6 Å². The molecule has 0 aromatic heterocycles. The van der Waals surface area contributed by atoms with Gasteiger partial charge in [-0.25, -0.2) is 4.79 Å². The summed E-state index contributed by atoms with van der Waals surface area (Å²) in [6.45, 7) is 4.17. The SMILES string of the molecule is CC(C)[C@H](NC(=O)OCC1c2ccccc2-c2ccccc21)C(=O)NC[C@@H]1C[C@H](C(=O)O)CO1. The van der Waals surface area contributed by atoms with E-state index in [9.17, 15) is 14.4 Å². The van der Waals surface area contributed by atoms with Crippen molar-refractivity contribution < 1.29 is 29.0 Å². The Morgan fingerprint density at radius 2 is 1.68 bits per heavy atom. The molecular formula is C26H30N2O6. The second kappa shape index (κ2) is 10.3. The number of carboxylic acid groups (broad SMARTS) is 1. The molecular weight excluding hydrogens is 436 g/mol. The number of rotatable bonds is 8. The quantitative estimate of drug-likeness (QED) is 0.551. The fraction of sp³-hybridized carbons (Fsp3) is 0.423. The molecule has 1 saturated heterocycles. The van der Waals surface area contributed by atoms with Gasteiger partial charge in [-0.2, -0.15) is 0 Å². The summed E-state index contributed by atoms with van der Waals surface area (Å²) in [5.41, 5.74) is 4.52. The molecule has 8 nitrogen and oxygen atoms in total. The molecule has 0 bridgehead atoms. The van der Waals surface area contributed by atoms with Crippen molar-refractivity contribution in [1.82, 2.24) is 10.6 Å². The lowest BCUT2D eigenvalue weighted by atomic mass is 9.98. The summed E-state index contributed by atoms with van der Waals surface area (Å²) in [4.78, 5) is 36.4. The zero-order valence-electron chi connectivity index (χ0n) is 19.3. The van der Waals surface area contributed by atoms with Crippen LogP contribution in [0.15, 0.2) is 48.5 Å². The zero-order chi connectivity index (χ0) is 24.2. The third-order valence-electron chi connectivity index (χ3n) is 6.50. The van der Waals surface area contributed by atoms with Crippen LogP contribution >= 0.6 is 0 Å². The van der Waals surface area contributed by atoms with Gasteiger partial charge in [-0.05, 0) is 34.6 Å². The third kappa shape index (κ3) is 5.07. The normalized spacial score (nSPS) is 19.9. The molecule has 3 N–H and O–H groups in total. The molecule has 0 spiro atoms. The topological polar surface area (TPSA) is 114 Å². The summed E-state index contributed by atoms with van der Waals surface area (Å²) < 4.78 is 11.0. The Labute approximate surface area is 198 Å². The first kappa shape index (κ1) is 23.8. The van der Waals surface area contributed by atoms with Crippen LogP contribution in [0.4, 0.5) is 4.79 Å².